The normalized spacial score (nSPS) is 12.2. The number of rotatable bonds is 6. The Morgan fingerprint density at radius 3 is 2.56 bits per heavy atom. The van der Waals surface area contributed by atoms with Gasteiger partial charge in [0.05, 0.1) is 0 Å². The molecule has 1 N–H and O–H groups in total. The van der Waals surface area contributed by atoms with Crippen molar-refractivity contribution >= 4 is 11.8 Å². The number of hydrogen-bond donors (Lipinski definition) is 1. The van der Waals surface area contributed by atoms with Gasteiger partial charge in [-0.1, -0.05) is 61.2 Å². The van der Waals surface area contributed by atoms with Crippen molar-refractivity contribution in [2.45, 2.75) is 13.3 Å². The molecule has 1 heteroatoms. The molecule has 0 aliphatic carbocycles. The van der Waals surface area contributed by atoms with Gasteiger partial charge in [0.15, 0.2) is 0 Å². The highest BCUT2D eigenvalue weighted by atomic mass is 14.3. The largest absolute Gasteiger partial charge is 0.309 e. The number of hydrogen-bond acceptors (Lipinski definition) is 1. The summed E-state index contributed by atoms with van der Waals surface area (Å²) in [6.45, 7) is 5.74. The van der Waals surface area contributed by atoms with Gasteiger partial charge < -0.3 is 5.41 Å². The molecule has 0 heterocycles. The Morgan fingerprint density at radius 2 is 2.00 bits per heavy atom. The zero-order chi connectivity index (χ0) is 13.2. The lowest BCUT2D eigenvalue weighted by atomic mass is 10.0. The summed E-state index contributed by atoms with van der Waals surface area (Å²) in [5.74, 6) is 0. The van der Waals surface area contributed by atoms with Crippen LogP contribution < -0.4 is 0 Å². The van der Waals surface area contributed by atoms with Gasteiger partial charge in [-0.05, 0) is 36.1 Å². The molecule has 0 aliphatic rings. The van der Waals surface area contributed by atoms with Crippen molar-refractivity contribution in [3.05, 3.63) is 78.4 Å². The summed E-state index contributed by atoms with van der Waals surface area (Å²) >= 11 is 0. The predicted octanol–water partition coefficient (Wildman–Crippen LogP) is 4.58. The molecule has 1 rings (SSSR count). The van der Waals surface area contributed by atoms with Crippen molar-refractivity contribution in [2.24, 2.45) is 0 Å². The fraction of sp³-hybridized carbons (Fsp3) is 0.118. The van der Waals surface area contributed by atoms with E-state index in [-0.39, 0.29) is 0 Å². The lowest BCUT2D eigenvalue weighted by Crippen LogP contribution is -1.84. The molecule has 0 spiro atoms. The summed E-state index contributed by atoms with van der Waals surface area (Å²) < 4.78 is 0. The summed E-state index contributed by atoms with van der Waals surface area (Å²) in [7, 11) is 0. The van der Waals surface area contributed by atoms with Crippen LogP contribution in [0, 0.1) is 5.41 Å². The van der Waals surface area contributed by atoms with E-state index in [4.69, 9.17) is 5.41 Å². The Balaban J connectivity index is 2.86. The summed E-state index contributed by atoms with van der Waals surface area (Å²) in [4.78, 5) is 0. The van der Waals surface area contributed by atoms with Crippen molar-refractivity contribution in [1.29, 1.82) is 5.41 Å². The van der Waals surface area contributed by atoms with Gasteiger partial charge >= 0.3 is 0 Å². The van der Waals surface area contributed by atoms with E-state index in [1.54, 1.807) is 12.2 Å². The zero-order valence-corrected chi connectivity index (χ0v) is 10.8. The SMILES string of the molecule is C=C/C=C(\C=C/C)c1ccc(C/C=C\C=N)cc1. The van der Waals surface area contributed by atoms with E-state index >= 15 is 0 Å². The number of nitrogens with one attached hydrogen (secondary N) is 1. The molecule has 18 heavy (non-hydrogen) atoms. The molecule has 0 unspecified atom stereocenters. The fourth-order valence-corrected chi connectivity index (χ4v) is 1.66. The van der Waals surface area contributed by atoms with Gasteiger partial charge in [-0.2, -0.15) is 0 Å². The fourth-order valence-electron chi connectivity index (χ4n) is 1.66. The van der Waals surface area contributed by atoms with Crippen LogP contribution in [0.25, 0.3) is 5.57 Å². The Labute approximate surface area is 109 Å². The first-order valence-electron chi connectivity index (χ1n) is 6.02. The van der Waals surface area contributed by atoms with Gasteiger partial charge in [0.1, 0.15) is 0 Å². The molecular formula is C17H19N. The minimum Gasteiger partial charge on any atom is -0.309 e. The molecule has 0 aromatic heterocycles. The van der Waals surface area contributed by atoms with Crippen LogP contribution in [0.3, 0.4) is 0 Å². The molecule has 1 nitrogen and oxygen atoms in total. The van der Waals surface area contributed by atoms with Crippen LogP contribution in [0.5, 0.6) is 0 Å². The van der Waals surface area contributed by atoms with E-state index in [1.807, 2.05) is 25.2 Å². The molecule has 92 valence electrons. The first-order valence-corrected chi connectivity index (χ1v) is 6.02. The third kappa shape index (κ3) is 4.38. The molecule has 1 aromatic rings. The smallest absolute Gasteiger partial charge is 0.0174 e. The maximum Gasteiger partial charge on any atom is 0.0174 e. The van der Waals surface area contributed by atoms with Crippen LogP contribution >= 0.6 is 0 Å². The topological polar surface area (TPSA) is 23.9 Å². The van der Waals surface area contributed by atoms with Crippen LogP contribution in [-0.2, 0) is 6.42 Å². The second-order valence-electron chi connectivity index (χ2n) is 3.85. The second kappa shape index (κ2) is 8.02. The molecule has 0 atom stereocenters. The van der Waals surface area contributed by atoms with Crippen molar-refractivity contribution in [3.8, 4) is 0 Å². The Bertz CT molecular complexity index is 473. The predicted molar refractivity (Wildman–Crippen MR) is 81.1 cm³/mol. The highest BCUT2D eigenvalue weighted by Gasteiger charge is 1.97. The van der Waals surface area contributed by atoms with Crippen LogP contribution in [0.2, 0.25) is 0 Å². The van der Waals surface area contributed by atoms with E-state index in [2.05, 4.69) is 36.9 Å². The van der Waals surface area contributed by atoms with Crippen LogP contribution in [0.15, 0.2) is 67.3 Å². The number of allylic oxidation sites excluding steroid dienone is 7. The lowest BCUT2D eigenvalue weighted by molar-refractivity contribution is 1.27. The van der Waals surface area contributed by atoms with E-state index in [9.17, 15) is 0 Å². The molecular weight excluding hydrogens is 218 g/mol. The molecule has 0 saturated heterocycles. The van der Waals surface area contributed by atoms with E-state index in [1.165, 1.54) is 17.3 Å². The lowest BCUT2D eigenvalue weighted by Gasteiger charge is -2.03. The van der Waals surface area contributed by atoms with Gasteiger partial charge in [-0.15, -0.1) is 0 Å². The molecule has 1 aromatic carbocycles. The highest BCUT2D eigenvalue weighted by Crippen LogP contribution is 2.17. The summed E-state index contributed by atoms with van der Waals surface area (Å²) in [6, 6.07) is 8.46. The monoisotopic (exact) mass is 237 g/mol. The maximum atomic E-state index is 6.91. The average molecular weight is 237 g/mol. The molecule has 0 radical (unpaired) electrons. The standard InChI is InChI=1S/C17H19N/c1-3-7-16(8-4-2)17-12-10-15(11-13-17)9-5-6-14-18/h3-8,10-14,18H,1,9H2,2H3/b6-5-,8-4-,16-7+,18-14?. The second-order valence-corrected chi connectivity index (χ2v) is 3.85. The Kier molecular flexibility index (Phi) is 6.20. The summed E-state index contributed by atoms with van der Waals surface area (Å²) in [6.07, 6.45) is 13.8. The third-order valence-electron chi connectivity index (χ3n) is 2.52. The average Bonchev–Trinajstić information content (AvgIpc) is 2.40. The van der Waals surface area contributed by atoms with Crippen LogP contribution in [0.1, 0.15) is 18.1 Å². The van der Waals surface area contributed by atoms with Gasteiger partial charge in [-0.25, -0.2) is 0 Å². The first kappa shape index (κ1) is 13.9. The summed E-state index contributed by atoms with van der Waals surface area (Å²) in [5.41, 5.74) is 3.59. The highest BCUT2D eigenvalue weighted by molar-refractivity contribution is 5.75. The van der Waals surface area contributed by atoms with Crippen molar-refractivity contribution < 1.29 is 0 Å². The minimum atomic E-state index is 0.861. The van der Waals surface area contributed by atoms with Crippen molar-refractivity contribution in [1.82, 2.24) is 0 Å². The minimum absolute atomic E-state index is 0.861. The van der Waals surface area contributed by atoms with Gasteiger partial charge in [0.25, 0.3) is 0 Å². The maximum absolute atomic E-state index is 6.91. The molecule has 0 aliphatic heterocycles. The zero-order valence-electron chi connectivity index (χ0n) is 10.8. The Morgan fingerprint density at radius 1 is 1.28 bits per heavy atom. The van der Waals surface area contributed by atoms with Crippen molar-refractivity contribution in [3.63, 3.8) is 0 Å². The van der Waals surface area contributed by atoms with Crippen molar-refractivity contribution in [2.75, 3.05) is 0 Å². The van der Waals surface area contributed by atoms with Crippen LogP contribution in [0.4, 0.5) is 0 Å². The van der Waals surface area contributed by atoms with E-state index < -0.39 is 0 Å². The van der Waals surface area contributed by atoms with E-state index in [0.717, 1.165) is 12.0 Å². The number of benzene rings is 1. The van der Waals surface area contributed by atoms with Gasteiger partial charge in [-0.3, -0.25) is 0 Å². The molecule has 0 saturated carbocycles. The summed E-state index contributed by atoms with van der Waals surface area (Å²) in [5, 5.41) is 6.91. The van der Waals surface area contributed by atoms with E-state index in [0.29, 0.717) is 0 Å². The van der Waals surface area contributed by atoms with Crippen LogP contribution in [-0.4, -0.2) is 6.21 Å². The molecule has 0 fully saturated rings. The third-order valence-corrected chi connectivity index (χ3v) is 2.52. The Hall–Kier alpha value is -2.15. The first-order chi connectivity index (χ1) is 8.81. The quantitative estimate of drug-likeness (QED) is 0.553. The van der Waals surface area contributed by atoms with Gasteiger partial charge in [0.2, 0.25) is 0 Å². The van der Waals surface area contributed by atoms with Gasteiger partial charge in [0, 0.05) is 6.21 Å². The molecule has 0 amide bonds. The molecule has 0 bridgehead atoms.